The predicted octanol–water partition coefficient (Wildman–Crippen LogP) is 13.6. The molecule has 0 bridgehead atoms. The largest absolute Gasteiger partial charge is 4.00 e. The molecular formula is C48H66F4N2O2Ti. The minimum Gasteiger partial charge on any atom is -0.363 e. The summed E-state index contributed by atoms with van der Waals surface area (Å²) in [5.41, 5.74) is -0.894. The third kappa shape index (κ3) is 20.9. The number of amides is 2. The average Bonchev–Trinajstić information content (AvgIpc) is 3.93. The molecule has 4 rings (SSSR count). The van der Waals surface area contributed by atoms with Gasteiger partial charge in [0.1, 0.15) is 0 Å². The summed E-state index contributed by atoms with van der Waals surface area (Å²) in [5.74, 6) is -3.35. The van der Waals surface area contributed by atoms with Crippen LogP contribution in [0.5, 0.6) is 0 Å². The Hall–Kier alpha value is -3.23. The van der Waals surface area contributed by atoms with Crippen molar-refractivity contribution in [1.29, 1.82) is 0 Å². The fourth-order valence-electron chi connectivity index (χ4n) is 6.22. The summed E-state index contributed by atoms with van der Waals surface area (Å²) < 4.78 is 54.5. The minimum atomic E-state index is -0.805. The van der Waals surface area contributed by atoms with Gasteiger partial charge >= 0.3 is 21.7 Å². The van der Waals surface area contributed by atoms with Gasteiger partial charge < -0.3 is 9.80 Å². The number of allylic oxidation sites excluding steroid dienone is 8. The van der Waals surface area contributed by atoms with E-state index in [0.29, 0.717) is 13.1 Å². The number of benzene rings is 2. The van der Waals surface area contributed by atoms with Gasteiger partial charge in [-0.3, -0.25) is 21.7 Å². The van der Waals surface area contributed by atoms with E-state index in [1.165, 1.54) is 21.9 Å². The van der Waals surface area contributed by atoms with Gasteiger partial charge in [0.15, 0.2) is 0 Å². The molecule has 0 atom stereocenters. The molecule has 0 N–H and O–H groups in total. The summed E-state index contributed by atoms with van der Waals surface area (Å²) in [7, 11) is 0. The van der Waals surface area contributed by atoms with E-state index in [1.807, 2.05) is 78.0 Å². The van der Waals surface area contributed by atoms with Crippen LogP contribution in [0.1, 0.15) is 145 Å². The zero-order valence-electron chi connectivity index (χ0n) is 35.8. The van der Waals surface area contributed by atoms with Crippen LogP contribution < -0.4 is 9.80 Å². The van der Waals surface area contributed by atoms with Crippen molar-refractivity contribution in [3.63, 3.8) is 0 Å². The molecule has 0 fully saturated rings. The van der Waals surface area contributed by atoms with Crippen molar-refractivity contribution in [1.82, 2.24) is 0 Å². The Morgan fingerprint density at radius 3 is 1.19 bits per heavy atom. The second-order valence-corrected chi connectivity index (χ2v) is 15.3. The topological polar surface area (TPSA) is 40.6 Å². The molecule has 2 amide bonds. The second kappa shape index (κ2) is 29.9. The summed E-state index contributed by atoms with van der Waals surface area (Å²) in [6.45, 7) is 16.7. The van der Waals surface area contributed by atoms with Crippen LogP contribution in [0.3, 0.4) is 0 Å². The van der Waals surface area contributed by atoms with Gasteiger partial charge in [0, 0.05) is 47.2 Å². The van der Waals surface area contributed by atoms with Crippen molar-refractivity contribution in [3.8, 4) is 0 Å². The van der Waals surface area contributed by atoms with Crippen molar-refractivity contribution in [2.75, 3.05) is 22.9 Å². The molecule has 2 aromatic carbocycles. The Bertz CT molecular complexity index is 1430. The molecule has 312 valence electrons. The third-order valence-corrected chi connectivity index (χ3v) is 9.31. The zero-order valence-corrected chi connectivity index (χ0v) is 37.4. The van der Waals surface area contributed by atoms with Gasteiger partial charge in [-0.15, -0.1) is 49.2 Å². The Labute approximate surface area is 357 Å². The van der Waals surface area contributed by atoms with Crippen molar-refractivity contribution < 1.29 is 48.9 Å². The van der Waals surface area contributed by atoms with E-state index in [4.69, 9.17) is 0 Å². The van der Waals surface area contributed by atoms with Crippen molar-refractivity contribution in [2.24, 2.45) is 10.8 Å². The SMILES string of the molecule is CCCCCCN(C(=O)C(C)(C)CCC)c1ccc(F)[c-]c1F.CCCCCCN(C(=O)C(C)(C)CCC)c1ccc(F)[c-]c1F.[C-]1=CC=CC1.[C-]1=CC=CC1.[Ti+4]. The van der Waals surface area contributed by atoms with E-state index in [-0.39, 0.29) is 44.9 Å². The second-order valence-electron chi connectivity index (χ2n) is 15.3. The molecule has 0 aromatic heterocycles. The molecule has 0 aliphatic heterocycles. The number of rotatable bonds is 18. The van der Waals surface area contributed by atoms with Crippen LogP contribution in [0.25, 0.3) is 0 Å². The maximum atomic E-state index is 14.1. The molecule has 0 spiro atoms. The van der Waals surface area contributed by atoms with Gasteiger partial charge in [0.25, 0.3) is 0 Å². The first-order valence-corrected chi connectivity index (χ1v) is 20.5. The standard InChI is InChI=1S/2C19H28F2NO.2C5H5.Ti/c2*1-5-7-8-9-13-22(18(23)19(3,4)12-6-2)17-11-10-15(20)14-16(17)21;2*1-2-4-5-3-1;/h2*10-11H,5-9,12-13H2,1-4H3;2*1-3H,4H2;/q4*-1;+4. The van der Waals surface area contributed by atoms with Crippen LogP contribution in [0, 0.1) is 58.4 Å². The smallest absolute Gasteiger partial charge is 0.363 e. The summed E-state index contributed by atoms with van der Waals surface area (Å²) >= 11 is 0. The molecule has 2 aromatic rings. The van der Waals surface area contributed by atoms with Gasteiger partial charge in [-0.2, -0.15) is 12.2 Å². The van der Waals surface area contributed by atoms with Crippen LogP contribution in [0.15, 0.2) is 60.7 Å². The number of carbonyl (C=O) groups excluding carboxylic acids is 2. The monoisotopic (exact) mass is 826 g/mol. The summed E-state index contributed by atoms with van der Waals surface area (Å²) in [4.78, 5) is 28.8. The van der Waals surface area contributed by atoms with Gasteiger partial charge in [0.2, 0.25) is 11.8 Å². The molecule has 0 unspecified atom stereocenters. The van der Waals surface area contributed by atoms with Crippen LogP contribution in [0.4, 0.5) is 28.9 Å². The van der Waals surface area contributed by atoms with Crippen molar-refractivity contribution in [2.45, 2.75) is 145 Å². The minimum absolute atomic E-state index is 0. The number of halogens is 4. The maximum Gasteiger partial charge on any atom is 4.00 e. The molecule has 2 aliphatic carbocycles. The van der Waals surface area contributed by atoms with E-state index >= 15 is 0 Å². The molecule has 0 saturated carbocycles. The molecule has 9 heteroatoms. The Balaban J connectivity index is 0.000000865. The summed E-state index contributed by atoms with van der Waals surface area (Å²) in [6, 6.07) is 9.03. The quantitative estimate of drug-likeness (QED) is 0.0650. The Kier molecular flexibility index (Phi) is 28.2. The number of anilines is 2. The van der Waals surface area contributed by atoms with Crippen LogP contribution in [-0.2, 0) is 31.3 Å². The molecule has 4 nitrogen and oxygen atoms in total. The van der Waals surface area contributed by atoms with E-state index in [9.17, 15) is 27.2 Å². The molecule has 57 heavy (non-hydrogen) atoms. The molecule has 2 aliphatic rings. The number of nitrogens with zero attached hydrogens (tertiary/aromatic N) is 2. The van der Waals surface area contributed by atoms with Crippen LogP contribution >= 0.6 is 0 Å². The predicted molar refractivity (Wildman–Crippen MR) is 224 cm³/mol. The Morgan fingerprint density at radius 2 is 0.947 bits per heavy atom. The van der Waals surface area contributed by atoms with Gasteiger partial charge in [-0.05, 0) is 37.1 Å². The zero-order chi connectivity index (χ0) is 42.0. The van der Waals surface area contributed by atoms with Gasteiger partial charge in [-0.25, -0.2) is 41.9 Å². The van der Waals surface area contributed by atoms with E-state index in [1.54, 1.807) is 0 Å². The fourth-order valence-corrected chi connectivity index (χ4v) is 6.22. The van der Waals surface area contributed by atoms with Crippen molar-refractivity contribution >= 4 is 23.2 Å². The fraction of sp³-hybridized carbons (Fsp3) is 0.542. The van der Waals surface area contributed by atoms with Crippen LogP contribution in [-0.4, -0.2) is 24.9 Å². The summed E-state index contributed by atoms with van der Waals surface area (Å²) in [6.07, 6.45) is 31.1. The maximum absolute atomic E-state index is 14.1. The third-order valence-electron chi connectivity index (χ3n) is 9.31. The number of carbonyl (C=O) groups is 2. The van der Waals surface area contributed by atoms with Crippen molar-refractivity contribution in [3.05, 3.63) is 108 Å². The first kappa shape index (κ1) is 53.8. The van der Waals surface area contributed by atoms with Gasteiger partial charge in [0.05, 0.1) is 0 Å². The van der Waals surface area contributed by atoms with Crippen LogP contribution in [0.2, 0.25) is 0 Å². The molecular weight excluding hydrogens is 760 g/mol. The first-order chi connectivity index (χ1) is 26.7. The average molecular weight is 827 g/mol. The number of hydrogen-bond acceptors (Lipinski definition) is 2. The Morgan fingerprint density at radius 1 is 0.579 bits per heavy atom. The van der Waals surface area contributed by atoms with E-state index < -0.39 is 34.1 Å². The molecule has 0 radical (unpaired) electrons. The number of unbranched alkanes of at least 4 members (excludes halogenated alkanes) is 6. The summed E-state index contributed by atoms with van der Waals surface area (Å²) in [5, 5.41) is 0. The normalized spacial score (nSPS) is 12.4. The molecule has 0 heterocycles. The molecule has 0 saturated heterocycles. The van der Waals surface area contributed by atoms with E-state index in [0.717, 1.165) is 102 Å². The van der Waals surface area contributed by atoms with E-state index in [2.05, 4.69) is 38.2 Å². The first-order valence-electron chi connectivity index (χ1n) is 20.5. The van der Waals surface area contributed by atoms with Gasteiger partial charge in [-0.1, -0.05) is 107 Å². The number of hydrogen-bond donors (Lipinski definition) is 0.